The van der Waals surface area contributed by atoms with E-state index in [0.29, 0.717) is 19.1 Å². The molecule has 1 saturated heterocycles. The van der Waals surface area contributed by atoms with Gasteiger partial charge in [-0.15, -0.1) is 0 Å². The van der Waals surface area contributed by atoms with Crippen LogP contribution in [0.1, 0.15) is 32.0 Å². The zero-order chi connectivity index (χ0) is 18.9. The molecule has 0 aromatic carbocycles. The molecule has 3 rings (SSSR count). The zero-order valence-corrected chi connectivity index (χ0v) is 16.5. The summed E-state index contributed by atoms with van der Waals surface area (Å²) in [5.41, 5.74) is 2.62. The molecule has 142 valence electrons. The highest BCUT2D eigenvalue weighted by Gasteiger charge is 2.32. The van der Waals surface area contributed by atoms with E-state index in [1.807, 2.05) is 10.9 Å². The summed E-state index contributed by atoms with van der Waals surface area (Å²) in [7, 11) is -0.210. The molecule has 0 aliphatic carbocycles. The fourth-order valence-electron chi connectivity index (χ4n) is 3.10. The van der Waals surface area contributed by atoms with E-state index in [2.05, 4.69) is 23.9 Å². The van der Waals surface area contributed by atoms with Gasteiger partial charge in [0.05, 0.1) is 23.8 Å². The Balaban J connectivity index is 1.70. The lowest BCUT2D eigenvalue weighted by Gasteiger charge is -2.20. The fraction of sp³-hybridized carbons (Fsp3) is 0.588. The molecule has 1 fully saturated rings. The molecule has 1 aliphatic heterocycles. The summed E-state index contributed by atoms with van der Waals surface area (Å²) in [6, 6.07) is 0.294. The summed E-state index contributed by atoms with van der Waals surface area (Å²) in [6.07, 6.45) is 8.83. The number of hydrogen-bond donors (Lipinski definition) is 0. The average Bonchev–Trinajstić information content (AvgIpc) is 3.24. The number of hydrogen-bond acceptors (Lipinski definition) is 5. The Kier molecular flexibility index (Phi) is 5.40. The summed E-state index contributed by atoms with van der Waals surface area (Å²) in [5, 5.41) is 4.35. The second kappa shape index (κ2) is 7.42. The Labute approximate surface area is 155 Å². The van der Waals surface area contributed by atoms with Crippen molar-refractivity contribution in [2.24, 2.45) is 5.92 Å². The lowest BCUT2D eigenvalue weighted by atomic mass is 10.0. The van der Waals surface area contributed by atoms with Crippen molar-refractivity contribution in [2.75, 3.05) is 27.2 Å². The van der Waals surface area contributed by atoms with Crippen LogP contribution in [0.2, 0.25) is 0 Å². The largest absolute Gasteiger partial charge is 0.281 e. The third-order valence-corrected chi connectivity index (χ3v) is 6.55. The van der Waals surface area contributed by atoms with Crippen LogP contribution in [0.3, 0.4) is 0 Å². The van der Waals surface area contributed by atoms with E-state index in [1.54, 1.807) is 37.0 Å². The molecule has 0 bridgehead atoms. The van der Waals surface area contributed by atoms with Gasteiger partial charge < -0.3 is 0 Å². The molecule has 9 heteroatoms. The van der Waals surface area contributed by atoms with Crippen LogP contribution in [0.4, 0.5) is 0 Å². The van der Waals surface area contributed by atoms with Crippen molar-refractivity contribution in [1.82, 2.24) is 28.4 Å². The Hall–Kier alpha value is -1.84. The van der Waals surface area contributed by atoms with E-state index in [4.69, 9.17) is 4.98 Å². The SMILES string of the molecule is CC(C)n1cc(-c2cncc(C[C@@H]3CCN(S(=O)(=O)N(C)C)C3)n2)cn1. The molecule has 26 heavy (non-hydrogen) atoms. The Bertz CT molecular complexity index is 862. The van der Waals surface area contributed by atoms with Gasteiger partial charge in [-0.05, 0) is 32.6 Å². The number of nitrogens with zero attached hydrogens (tertiary/aromatic N) is 6. The van der Waals surface area contributed by atoms with Crippen LogP contribution >= 0.6 is 0 Å². The molecule has 8 nitrogen and oxygen atoms in total. The first-order valence-electron chi connectivity index (χ1n) is 8.80. The predicted molar refractivity (Wildman–Crippen MR) is 99.6 cm³/mol. The maximum absolute atomic E-state index is 12.2. The molecule has 0 saturated carbocycles. The van der Waals surface area contributed by atoms with E-state index in [-0.39, 0.29) is 5.92 Å². The summed E-state index contributed by atoms with van der Waals surface area (Å²) in [5.74, 6) is 0.257. The van der Waals surface area contributed by atoms with Gasteiger partial charge in [-0.1, -0.05) is 0 Å². The Morgan fingerprint density at radius 1 is 1.27 bits per heavy atom. The molecule has 2 aromatic rings. The number of rotatable bonds is 6. The fourth-order valence-corrected chi connectivity index (χ4v) is 4.29. The summed E-state index contributed by atoms with van der Waals surface area (Å²) < 4.78 is 29.2. The molecule has 1 atom stereocenters. The Morgan fingerprint density at radius 3 is 2.69 bits per heavy atom. The summed E-state index contributed by atoms with van der Waals surface area (Å²) in [6.45, 7) is 5.23. The third-order valence-electron chi connectivity index (χ3n) is 4.64. The van der Waals surface area contributed by atoms with Crippen molar-refractivity contribution in [1.29, 1.82) is 0 Å². The number of aromatic nitrogens is 4. The standard InChI is InChI=1S/C17H26N6O2S/c1-13(2)23-12-15(8-19-23)17-10-18-9-16(20-17)7-14-5-6-22(11-14)26(24,25)21(3)4/h8-10,12-14H,5-7,11H2,1-4H3/t14-/m0/s1. The maximum atomic E-state index is 12.2. The van der Waals surface area contributed by atoms with E-state index in [1.165, 1.54) is 4.31 Å². The van der Waals surface area contributed by atoms with Gasteiger partial charge in [0.1, 0.15) is 0 Å². The highest BCUT2D eigenvalue weighted by Crippen LogP contribution is 2.24. The van der Waals surface area contributed by atoms with E-state index < -0.39 is 10.2 Å². The molecule has 1 aliphatic rings. The maximum Gasteiger partial charge on any atom is 0.281 e. The predicted octanol–water partition coefficient (Wildman–Crippen LogP) is 1.59. The molecular formula is C17H26N6O2S. The molecule has 0 radical (unpaired) electrons. The van der Waals surface area contributed by atoms with Crippen molar-refractivity contribution in [3.05, 3.63) is 30.5 Å². The van der Waals surface area contributed by atoms with Gasteiger partial charge in [0.15, 0.2) is 0 Å². The lowest BCUT2D eigenvalue weighted by Crippen LogP contribution is -2.38. The van der Waals surface area contributed by atoms with E-state index in [0.717, 1.165) is 29.8 Å². The van der Waals surface area contributed by atoms with Gasteiger partial charge in [0, 0.05) is 51.2 Å². The van der Waals surface area contributed by atoms with Gasteiger partial charge in [-0.2, -0.15) is 22.1 Å². The molecule has 0 spiro atoms. The second-order valence-electron chi connectivity index (χ2n) is 7.21. The average molecular weight is 379 g/mol. The minimum atomic E-state index is -3.34. The molecule has 0 amide bonds. The highest BCUT2D eigenvalue weighted by molar-refractivity contribution is 7.86. The van der Waals surface area contributed by atoms with Crippen molar-refractivity contribution < 1.29 is 8.42 Å². The first-order valence-corrected chi connectivity index (χ1v) is 10.2. The molecule has 0 unspecified atom stereocenters. The first-order chi connectivity index (χ1) is 12.3. The first kappa shape index (κ1) is 18.9. The molecule has 2 aromatic heterocycles. The van der Waals surface area contributed by atoms with Crippen LogP contribution in [0.25, 0.3) is 11.3 Å². The topological polar surface area (TPSA) is 84.2 Å². The van der Waals surface area contributed by atoms with Crippen LogP contribution in [0, 0.1) is 5.92 Å². The summed E-state index contributed by atoms with van der Waals surface area (Å²) >= 11 is 0. The van der Waals surface area contributed by atoms with Crippen LogP contribution in [0.5, 0.6) is 0 Å². The quantitative estimate of drug-likeness (QED) is 0.762. The van der Waals surface area contributed by atoms with Gasteiger partial charge in [-0.3, -0.25) is 9.67 Å². The van der Waals surface area contributed by atoms with E-state index >= 15 is 0 Å². The normalized spacial score (nSPS) is 18.9. The van der Waals surface area contributed by atoms with Gasteiger partial charge in [0.25, 0.3) is 10.2 Å². The monoisotopic (exact) mass is 378 g/mol. The van der Waals surface area contributed by atoms with Crippen molar-refractivity contribution in [3.63, 3.8) is 0 Å². The van der Waals surface area contributed by atoms with Crippen LogP contribution in [-0.2, 0) is 16.6 Å². The minimum Gasteiger partial charge on any atom is -0.270 e. The van der Waals surface area contributed by atoms with Crippen molar-refractivity contribution in [3.8, 4) is 11.3 Å². The van der Waals surface area contributed by atoms with Gasteiger partial charge in [-0.25, -0.2) is 4.98 Å². The molecule has 0 N–H and O–H groups in total. The lowest BCUT2D eigenvalue weighted by molar-refractivity contribution is 0.409. The molecule has 3 heterocycles. The highest BCUT2D eigenvalue weighted by atomic mass is 32.2. The van der Waals surface area contributed by atoms with Crippen molar-refractivity contribution >= 4 is 10.2 Å². The van der Waals surface area contributed by atoms with Crippen LogP contribution in [-0.4, -0.2) is 64.0 Å². The summed E-state index contributed by atoms with van der Waals surface area (Å²) in [4.78, 5) is 9.02. The zero-order valence-electron chi connectivity index (χ0n) is 15.7. The second-order valence-corrected chi connectivity index (χ2v) is 9.35. The van der Waals surface area contributed by atoms with Gasteiger partial charge in [0.2, 0.25) is 0 Å². The van der Waals surface area contributed by atoms with Gasteiger partial charge >= 0.3 is 0 Å². The minimum absolute atomic E-state index is 0.257. The third kappa shape index (κ3) is 3.94. The van der Waals surface area contributed by atoms with E-state index in [9.17, 15) is 8.42 Å². The van der Waals surface area contributed by atoms with Crippen LogP contribution < -0.4 is 0 Å². The van der Waals surface area contributed by atoms with Crippen molar-refractivity contribution in [2.45, 2.75) is 32.7 Å². The molecular weight excluding hydrogens is 352 g/mol. The van der Waals surface area contributed by atoms with Crippen LogP contribution in [0.15, 0.2) is 24.8 Å². The smallest absolute Gasteiger partial charge is 0.270 e. The Morgan fingerprint density at radius 2 is 2.04 bits per heavy atom.